The molecule has 0 radical (unpaired) electrons. The van der Waals surface area contributed by atoms with Gasteiger partial charge in [-0.05, 0) is 54.7 Å². The molecule has 2 atom stereocenters. The summed E-state index contributed by atoms with van der Waals surface area (Å²) in [6.45, 7) is 3.61. The van der Waals surface area contributed by atoms with Crippen molar-refractivity contribution >= 4 is 16.1 Å². The van der Waals surface area contributed by atoms with Gasteiger partial charge in [0.2, 0.25) is 0 Å². The van der Waals surface area contributed by atoms with Crippen molar-refractivity contribution in [3.63, 3.8) is 0 Å². The Balaban J connectivity index is 1.80. The summed E-state index contributed by atoms with van der Waals surface area (Å²) in [5.74, 6) is 0.499. The lowest BCUT2D eigenvalue weighted by Gasteiger charge is -2.30. The molecule has 9 nitrogen and oxygen atoms in total. The number of aliphatic hydroxyl groups excluding tert-OH is 1. The van der Waals surface area contributed by atoms with Gasteiger partial charge in [0.25, 0.3) is 10.0 Å². The largest absolute Gasteiger partial charge is 0.489 e. The van der Waals surface area contributed by atoms with Gasteiger partial charge in [0.15, 0.2) is 0 Å². The molecule has 1 amide bonds. The number of sulfonamides is 1. The van der Waals surface area contributed by atoms with Gasteiger partial charge in [0, 0.05) is 0 Å². The number of hydrogen-bond acceptors (Lipinski definition) is 6. The van der Waals surface area contributed by atoms with Gasteiger partial charge < -0.3 is 20.3 Å². The van der Waals surface area contributed by atoms with Crippen LogP contribution >= 0.6 is 0 Å². The van der Waals surface area contributed by atoms with Crippen LogP contribution in [-0.2, 0) is 27.9 Å². The molecule has 0 aliphatic rings. The van der Waals surface area contributed by atoms with Crippen molar-refractivity contribution in [2.24, 2.45) is 0 Å². The fourth-order valence-electron chi connectivity index (χ4n) is 3.96. The third-order valence-corrected chi connectivity index (χ3v) is 7.86. The van der Waals surface area contributed by atoms with Crippen LogP contribution in [0.15, 0.2) is 89.8 Å². The number of carboxylic acid groups (broad SMARTS) is 1. The molecule has 0 saturated heterocycles. The molecule has 10 heteroatoms. The molecule has 0 heterocycles. The van der Waals surface area contributed by atoms with Crippen molar-refractivity contribution < 1.29 is 33.0 Å². The predicted molar refractivity (Wildman–Crippen MR) is 148 cm³/mol. The zero-order valence-electron chi connectivity index (χ0n) is 22.1. The van der Waals surface area contributed by atoms with Crippen molar-refractivity contribution in [2.75, 3.05) is 6.54 Å². The summed E-state index contributed by atoms with van der Waals surface area (Å²) < 4.78 is 33.8. The second-order valence-corrected chi connectivity index (χ2v) is 10.9. The highest BCUT2D eigenvalue weighted by Crippen LogP contribution is 2.23. The predicted octanol–water partition coefficient (Wildman–Crippen LogP) is 4.62. The number of aliphatic hydroxyl groups is 1. The molecule has 39 heavy (non-hydrogen) atoms. The molecule has 210 valence electrons. The minimum atomic E-state index is -4.21. The Morgan fingerprint density at radius 3 is 2.00 bits per heavy atom. The standard InChI is InChI=1S/C29H36N2O7S/c1-3-24(4-2)38-31(20-28(32)27(30-29(33)34)19-22-11-7-5-8-12-22)39(35,36)26-17-15-25(16-18-26)37-21-23-13-9-6-10-14-23/h5-18,24,27-28,30,32H,3-4,19-21H2,1-2H3,(H,33,34)/t27-,28-/m0/s1. The highest BCUT2D eigenvalue weighted by Gasteiger charge is 2.33. The third kappa shape index (κ3) is 9.07. The normalized spacial score (nSPS) is 13.3. The number of hydroxylamine groups is 1. The van der Waals surface area contributed by atoms with Crippen molar-refractivity contribution in [1.29, 1.82) is 0 Å². The first kappa shape index (κ1) is 30.1. The van der Waals surface area contributed by atoms with E-state index in [1.807, 2.05) is 50.2 Å². The van der Waals surface area contributed by atoms with Gasteiger partial charge in [-0.1, -0.05) is 79.0 Å². The van der Waals surface area contributed by atoms with Crippen LogP contribution in [0.5, 0.6) is 5.75 Å². The van der Waals surface area contributed by atoms with E-state index in [9.17, 15) is 23.4 Å². The Morgan fingerprint density at radius 1 is 0.897 bits per heavy atom. The van der Waals surface area contributed by atoms with Gasteiger partial charge in [-0.3, -0.25) is 4.84 Å². The van der Waals surface area contributed by atoms with Crippen molar-refractivity contribution in [1.82, 2.24) is 9.79 Å². The molecule has 0 aromatic heterocycles. The topological polar surface area (TPSA) is 125 Å². The molecule has 3 N–H and O–H groups in total. The SMILES string of the molecule is CCC(CC)ON(C[C@H](O)[C@H](Cc1ccccc1)NC(=O)O)S(=O)(=O)c1ccc(OCc2ccccc2)cc1. The van der Waals surface area contributed by atoms with Crippen LogP contribution in [-0.4, -0.2) is 54.0 Å². The molecule has 0 saturated carbocycles. The van der Waals surface area contributed by atoms with Crippen LogP contribution in [0.4, 0.5) is 4.79 Å². The first-order chi connectivity index (χ1) is 18.7. The van der Waals surface area contributed by atoms with Crippen molar-refractivity contribution in [2.45, 2.75) is 62.9 Å². The number of carbonyl (C=O) groups is 1. The van der Waals surface area contributed by atoms with Gasteiger partial charge in [0.05, 0.1) is 29.7 Å². The summed E-state index contributed by atoms with van der Waals surface area (Å²) in [6.07, 6.45) is -1.87. The van der Waals surface area contributed by atoms with E-state index in [4.69, 9.17) is 9.57 Å². The molecule has 3 aromatic rings. The molecule has 0 spiro atoms. The zero-order chi connectivity index (χ0) is 28.3. The van der Waals surface area contributed by atoms with E-state index in [-0.39, 0.29) is 11.3 Å². The average Bonchev–Trinajstić information content (AvgIpc) is 2.94. The third-order valence-electron chi connectivity index (χ3n) is 6.22. The molecule has 0 aliphatic carbocycles. The Kier molecular flexibility index (Phi) is 11.3. The average molecular weight is 557 g/mol. The van der Waals surface area contributed by atoms with E-state index in [1.54, 1.807) is 36.4 Å². The number of nitrogens with zero attached hydrogens (tertiary/aromatic N) is 1. The molecule has 3 aromatic carbocycles. The first-order valence-corrected chi connectivity index (χ1v) is 14.3. The van der Waals surface area contributed by atoms with Crippen molar-refractivity contribution in [3.8, 4) is 5.75 Å². The van der Waals surface area contributed by atoms with E-state index in [2.05, 4.69) is 5.32 Å². The Morgan fingerprint density at radius 2 is 1.46 bits per heavy atom. The minimum Gasteiger partial charge on any atom is -0.489 e. The molecule has 0 fully saturated rings. The van der Waals surface area contributed by atoms with Crippen molar-refractivity contribution in [3.05, 3.63) is 96.1 Å². The zero-order valence-corrected chi connectivity index (χ0v) is 23.0. The fourth-order valence-corrected chi connectivity index (χ4v) is 5.26. The summed E-state index contributed by atoms with van der Waals surface area (Å²) in [5.41, 5.74) is 1.77. The fraction of sp³-hybridized carbons (Fsp3) is 0.345. The van der Waals surface area contributed by atoms with Crippen LogP contribution in [0, 0.1) is 0 Å². The number of ether oxygens (including phenoxy) is 1. The summed E-state index contributed by atoms with van der Waals surface area (Å²) >= 11 is 0. The Bertz CT molecular complexity index is 1250. The number of nitrogens with one attached hydrogen (secondary N) is 1. The summed E-state index contributed by atoms with van der Waals surface area (Å²) in [5, 5.41) is 22.7. The van der Waals surface area contributed by atoms with Crippen LogP contribution in [0.2, 0.25) is 0 Å². The number of rotatable bonds is 15. The smallest absolute Gasteiger partial charge is 0.404 e. The minimum absolute atomic E-state index is 0.0430. The van der Waals surface area contributed by atoms with E-state index in [0.717, 1.165) is 15.6 Å². The Labute approximate surface area is 230 Å². The quantitative estimate of drug-likeness (QED) is 0.233. The van der Waals surface area contributed by atoms with Crippen LogP contribution in [0.1, 0.15) is 37.8 Å². The monoisotopic (exact) mass is 556 g/mol. The maximum absolute atomic E-state index is 13.6. The second kappa shape index (κ2) is 14.6. The number of benzene rings is 3. The lowest BCUT2D eigenvalue weighted by Crippen LogP contribution is -2.50. The van der Waals surface area contributed by atoms with E-state index in [1.165, 1.54) is 12.1 Å². The maximum Gasteiger partial charge on any atom is 0.404 e. The number of hydrogen-bond donors (Lipinski definition) is 3. The van der Waals surface area contributed by atoms with Crippen LogP contribution in [0.25, 0.3) is 0 Å². The van der Waals surface area contributed by atoms with E-state index < -0.39 is 40.9 Å². The van der Waals surface area contributed by atoms with E-state index in [0.29, 0.717) is 25.2 Å². The highest BCUT2D eigenvalue weighted by atomic mass is 32.2. The van der Waals surface area contributed by atoms with Crippen LogP contribution in [0.3, 0.4) is 0 Å². The van der Waals surface area contributed by atoms with Gasteiger partial charge in [0.1, 0.15) is 12.4 Å². The van der Waals surface area contributed by atoms with Gasteiger partial charge in [-0.2, -0.15) is 0 Å². The van der Waals surface area contributed by atoms with Gasteiger partial charge in [-0.15, -0.1) is 0 Å². The molecule has 0 unspecified atom stereocenters. The first-order valence-electron chi connectivity index (χ1n) is 12.9. The Hall–Kier alpha value is -3.44. The lowest BCUT2D eigenvalue weighted by molar-refractivity contribution is -0.149. The summed E-state index contributed by atoms with van der Waals surface area (Å²) in [6, 6.07) is 23.6. The number of amides is 1. The molecule has 0 bridgehead atoms. The highest BCUT2D eigenvalue weighted by molar-refractivity contribution is 7.89. The molecular formula is C29H36N2O7S. The molecule has 3 rings (SSSR count). The molecule has 0 aliphatic heterocycles. The summed E-state index contributed by atoms with van der Waals surface area (Å²) in [4.78, 5) is 17.3. The lowest BCUT2D eigenvalue weighted by atomic mass is 10.0. The van der Waals surface area contributed by atoms with Crippen LogP contribution < -0.4 is 10.1 Å². The van der Waals surface area contributed by atoms with E-state index >= 15 is 0 Å². The van der Waals surface area contributed by atoms with Gasteiger partial charge >= 0.3 is 6.09 Å². The van der Waals surface area contributed by atoms with Gasteiger partial charge in [-0.25, -0.2) is 13.2 Å². The summed E-state index contributed by atoms with van der Waals surface area (Å²) in [7, 11) is -4.21. The second-order valence-electron chi connectivity index (χ2n) is 9.09. The maximum atomic E-state index is 13.6. The molecular weight excluding hydrogens is 520 g/mol.